The van der Waals surface area contributed by atoms with Gasteiger partial charge < -0.3 is 15.2 Å². The van der Waals surface area contributed by atoms with Gasteiger partial charge in [0.1, 0.15) is 6.61 Å². The highest BCUT2D eigenvalue weighted by molar-refractivity contribution is 5.82. The largest absolute Gasteiger partial charge is 0.480 e. The van der Waals surface area contributed by atoms with Gasteiger partial charge in [0.15, 0.2) is 11.5 Å². The third-order valence-electron chi connectivity index (χ3n) is 5.82. The van der Waals surface area contributed by atoms with Gasteiger partial charge in [-0.1, -0.05) is 54.6 Å². The number of carboxylic acids is 1. The molecule has 1 aliphatic rings. The zero-order valence-corrected chi connectivity index (χ0v) is 17.4. The molecular formula is C23H19F6NO4. The van der Waals surface area contributed by atoms with Crippen molar-refractivity contribution in [3.63, 3.8) is 0 Å². The fourth-order valence-electron chi connectivity index (χ4n) is 4.22. The number of halogens is 6. The van der Waals surface area contributed by atoms with E-state index in [0.29, 0.717) is 6.08 Å². The molecule has 3 rings (SSSR count). The zero-order chi connectivity index (χ0) is 25.3. The number of fused-ring (bicyclic) bond motifs is 3. The maximum Gasteiger partial charge on any atom is 0.407 e. The van der Waals surface area contributed by atoms with Gasteiger partial charge in [-0.05, 0) is 28.7 Å². The minimum absolute atomic E-state index is 0.302. The van der Waals surface area contributed by atoms with E-state index in [1.807, 2.05) is 12.1 Å². The smallest absolute Gasteiger partial charge is 0.407 e. The molecule has 2 aromatic carbocycles. The second-order valence-electron chi connectivity index (χ2n) is 7.70. The number of ether oxygens (including phenoxy) is 1. The lowest BCUT2D eigenvalue weighted by atomic mass is 9.75. The van der Waals surface area contributed by atoms with E-state index in [0.717, 1.165) is 22.3 Å². The molecule has 0 radical (unpaired) electrons. The van der Waals surface area contributed by atoms with Crippen LogP contribution in [0.5, 0.6) is 0 Å². The van der Waals surface area contributed by atoms with E-state index in [2.05, 4.69) is 6.58 Å². The first-order valence-corrected chi connectivity index (χ1v) is 9.93. The molecule has 2 aromatic rings. The molecule has 0 heterocycles. The van der Waals surface area contributed by atoms with Gasteiger partial charge in [-0.25, -0.2) is 9.59 Å². The second kappa shape index (κ2) is 9.03. The van der Waals surface area contributed by atoms with Gasteiger partial charge in [0.2, 0.25) is 0 Å². The third-order valence-corrected chi connectivity index (χ3v) is 5.82. The van der Waals surface area contributed by atoms with Crippen molar-refractivity contribution in [2.75, 3.05) is 6.61 Å². The van der Waals surface area contributed by atoms with E-state index in [4.69, 9.17) is 4.74 Å². The number of alkyl carbamates (subject to hydrolysis) is 1. The maximum absolute atomic E-state index is 13.7. The number of carbonyl (C=O) groups excluding carboxylic acids is 1. The van der Waals surface area contributed by atoms with E-state index in [1.165, 1.54) is 5.32 Å². The van der Waals surface area contributed by atoms with Crippen LogP contribution >= 0.6 is 0 Å². The van der Waals surface area contributed by atoms with Crippen LogP contribution < -0.4 is 5.32 Å². The van der Waals surface area contributed by atoms with E-state index >= 15 is 0 Å². The van der Waals surface area contributed by atoms with Crippen LogP contribution in [0, 0.1) is 5.41 Å². The summed E-state index contributed by atoms with van der Waals surface area (Å²) in [6.07, 6.45) is -15.4. The molecule has 0 spiro atoms. The van der Waals surface area contributed by atoms with Crippen LogP contribution in [-0.4, -0.2) is 42.2 Å². The summed E-state index contributed by atoms with van der Waals surface area (Å²) < 4.78 is 86.9. The molecule has 0 bridgehead atoms. The summed E-state index contributed by atoms with van der Waals surface area (Å²) in [6, 6.07) is 10.8. The molecule has 34 heavy (non-hydrogen) atoms. The minimum atomic E-state index is -6.07. The average Bonchev–Trinajstić information content (AvgIpc) is 3.06. The zero-order valence-electron chi connectivity index (χ0n) is 17.4. The van der Waals surface area contributed by atoms with Crippen molar-refractivity contribution in [1.29, 1.82) is 0 Å². The van der Waals surface area contributed by atoms with Crippen molar-refractivity contribution in [2.45, 2.75) is 30.7 Å². The lowest BCUT2D eigenvalue weighted by Gasteiger charge is -2.40. The number of carbonyl (C=O) groups is 2. The van der Waals surface area contributed by atoms with E-state index in [-0.39, 0.29) is 0 Å². The molecule has 11 heteroatoms. The van der Waals surface area contributed by atoms with Crippen LogP contribution in [0.15, 0.2) is 61.2 Å². The Kier molecular flexibility index (Phi) is 6.68. The number of carboxylic acid groups (broad SMARTS) is 1. The molecule has 1 atom stereocenters. The predicted molar refractivity (Wildman–Crippen MR) is 109 cm³/mol. The van der Waals surface area contributed by atoms with Crippen molar-refractivity contribution in [2.24, 2.45) is 5.41 Å². The number of rotatable bonds is 7. The first-order valence-electron chi connectivity index (χ1n) is 9.93. The summed E-state index contributed by atoms with van der Waals surface area (Å²) in [4.78, 5) is 23.8. The van der Waals surface area contributed by atoms with Crippen LogP contribution in [-0.2, 0) is 9.53 Å². The number of allylic oxidation sites excluding steroid dienone is 1. The maximum atomic E-state index is 13.7. The first kappa shape index (κ1) is 25.1. The van der Waals surface area contributed by atoms with Gasteiger partial charge in [-0.3, -0.25) is 0 Å². The highest BCUT2D eigenvalue weighted by Gasteiger charge is 2.75. The van der Waals surface area contributed by atoms with E-state index in [9.17, 15) is 41.0 Å². The van der Waals surface area contributed by atoms with Crippen LogP contribution in [0.25, 0.3) is 11.1 Å². The van der Waals surface area contributed by atoms with E-state index in [1.54, 1.807) is 36.4 Å². The monoisotopic (exact) mass is 487 g/mol. The van der Waals surface area contributed by atoms with Gasteiger partial charge in [-0.2, -0.15) is 26.3 Å². The number of aliphatic carboxylic acids is 1. The fourth-order valence-corrected chi connectivity index (χ4v) is 4.22. The Morgan fingerprint density at radius 2 is 1.44 bits per heavy atom. The molecule has 1 amide bonds. The van der Waals surface area contributed by atoms with Crippen molar-refractivity contribution in [1.82, 2.24) is 5.32 Å². The normalized spacial score (nSPS) is 14.6. The van der Waals surface area contributed by atoms with Crippen molar-refractivity contribution >= 4 is 12.1 Å². The molecule has 1 aliphatic carbocycles. The highest BCUT2D eigenvalue weighted by Crippen LogP contribution is 2.55. The number of hydrogen-bond donors (Lipinski definition) is 2. The van der Waals surface area contributed by atoms with Gasteiger partial charge >= 0.3 is 24.4 Å². The molecule has 2 N–H and O–H groups in total. The van der Waals surface area contributed by atoms with Crippen LogP contribution in [0.1, 0.15) is 23.5 Å². The molecule has 5 nitrogen and oxygen atoms in total. The molecule has 0 saturated carbocycles. The molecular weight excluding hydrogens is 468 g/mol. The van der Waals surface area contributed by atoms with Gasteiger partial charge in [0, 0.05) is 5.92 Å². The Labute approximate surface area is 190 Å². The number of benzene rings is 2. The lowest BCUT2D eigenvalue weighted by Crippen LogP contribution is -2.65. The molecule has 0 aromatic heterocycles. The Hall–Kier alpha value is -3.50. The predicted octanol–water partition coefficient (Wildman–Crippen LogP) is 5.67. The Morgan fingerprint density at radius 1 is 0.971 bits per heavy atom. The first-order chi connectivity index (χ1) is 15.8. The number of nitrogens with one attached hydrogen (secondary N) is 1. The topological polar surface area (TPSA) is 75.6 Å². The van der Waals surface area contributed by atoms with Gasteiger partial charge in [0.25, 0.3) is 0 Å². The minimum Gasteiger partial charge on any atom is -0.480 e. The number of amides is 1. The summed E-state index contributed by atoms with van der Waals surface area (Å²) in [5.41, 5.74) is -1.63. The third kappa shape index (κ3) is 4.22. The molecule has 0 aliphatic heterocycles. The quantitative estimate of drug-likeness (QED) is 0.390. The molecule has 0 fully saturated rings. The molecule has 182 valence electrons. The number of alkyl halides is 6. The summed E-state index contributed by atoms with van der Waals surface area (Å²) in [5, 5.41) is 10.5. The summed E-state index contributed by atoms with van der Waals surface area (Å²) >= 11 is 0. The van der Waals surface area contributed by atoms with Crippen LogP contribution in [0.2, 0.25) is 0 Å². The molecule has 1 unspecified atom stereocenters. The summed E-state index contributed by atoms with van der Waals surface area (Å²) in [7, 11) is 0. The highest BCUT2D eigenvalue weighted by atomic mass is 19.4. The summed E-state index contributed by atoms with van der Waals surface area (Å²) in [5.74, 6) is -3.06. The van der Waals surface area contributed by atoms with Crippen molar-refractivity contribution in [3.05, 3.63) is 72.3 Å². The van der Waals surface area contributed by atoms with Crippen molar-refractivity contribution < 1.29 is 45.8 Å². The second-order valence-corrected chi connectivity index (χ2v) is 7.70. The van der Waals surface area contributed by atoms with Crippen LogP contribution in [0.4, 0.5) is 31.1 Å². The van der Waals surface area contributed by atoms with Crippen LogP contribution in [0.3, 0.4) is 0 Å². The Morgan fingerprint density at radius 3 is 1.85 bits per heavy atom. The number of hydrogen-bond acceptors (Lipinski definition) is 3. The van der Waals surface area contributed by atoms with E-state index < -0.39 is 54.8 Å². The lowest BCUT2D eigenvalue weighted by molar-refractivity contribution is -0.346. The molecule has 0 saturated heterocycles. The Bertz CT molecular complexity index is 1040. The van der Waals surface area contributed by atoms with Gasteiger partial charge in [-0.15, -0.1) is 6.58 Å². The average molecular weight is 487 g/mol. The van der Waals surface area contributed by atoms with Gasteiger partial charge in [0.05, 0.1) is 0 Å². The fraction of sp³-hybridized carbons (Fsp3) is 0.304. The standard InChI is InChI=1S/C23H19F6NO4/c1-2-11-21(22(24,25)26,23(27,28)29)18(19(31)32)30-20(33)34-12-17-15-9-5-3-7-13(15)14-8-4-6-10-16(14)17/h2-10,17-18H,1,11-12H2,(H,30,33)(H,31,32). The van der Waals surface area contributed by atoms with Crippen molar-refractivity contribution in [3.8, 4) is 11.1 Å². The Balaban J connectivity index is 1.86. The SMILES string of the molecule is C=CCC(C(NC(=O)OCC1c2ccccc2-c2ccccc21)C(=O)O)(C(F)(F)F)C(F)(F)F. The summed E-state index contributed by atoms with van der Waals surface area (Å²) in [6.45, 7) is 2.46.